The van der Waals surface area contributed by atoms with Crippen molar-refractivity contribution in [3.05, 3.63) is 70.2 Å². The Morgan fingerprint density at radius 1 is 1.04 bits per heavy atom. The van der Waals surface area contributed by atoms with Crippen molar-refractivity contribution < 1.29 is 0 Å². The lowest BCUT2D eigenvalue weighted by Crippen LogP contribution is -2.48. The molecule has 3 aliphatic heterocycles. The number of para-hydroxylation sites is 1. The standard InChI is InChI=1S/C19H15BrN2S/c20-13-7-5-12(6-8-13)17-11-18(23)21-10-9-15-14-3-1-2-4-16(14)22(17)19(15)21/h1-8,11,15,19H,9-10H2/t15-,19+/m0/s1. The van der Waals surface area contributed by atoms with Crippen LogP contribution in [0.5, 0.6) is 0 Å². The molecule has 23 heavy (non-hydrogen) atoms. The molecule has 0 bridgehead atoms. The highest BCUT2D eigenvalue weighted by molar-refractivity contribution is 9.10. The predicted octanol–water partition coefficient (Wildman–Crippen LogP) is 4.77. The zero-order valence-electron chi connectivity index (χ0n) is 12.4. The van der Waals surface area contributed by atoms with Crippen LogP contribution in [0.4, 0.5) is 5.69 Å². The average Bonchev–Trinajstić information content (AvgIpc) is 3.13. The average molecular weight is 383 g/mol. The smallest absolute Gasteiger partial charge is 0.114 e. The van der Waals surface area contributed by atoms with Crippen molar-refractivity contribution >= 4 is 44.5 Å². The van der Waals surface area contributed by atoms with E-state index in [1.807, 2.05) is 0 Å². The third-order valence-electron chi connectivity index (χ3n) is 5.16. The van der Waals surface area contributed by atoms with Gasteiger partial charge in [0, 0.05) is 22.6 Å². The van der Waals surface area contributed by atoms with Gasteiger partial charge in [0.2, 0.25) is 0 Å². The molecule has 114 valence electrons. The topological polar surface area (TPSA) is 6.48 Å². The van der Waals surface area contributed by atoms with Gasteiger partial charge in [0.25, 0.3) is 0 Å². The van der Waals surface area contributed by atoms with E-state index in [0.717, 1.165) is 16.0 Å². The Hall–Kier alpha value is -1.65. The molecule has 0 N–H and O–H groups in total. The summed E-state index contributed by atoms with van der Waals surface area (Å²) >= 11 is 9.23. The van der Waals surface area contributed by atoms with E-state index in [1.165, 1.54) is 28.9 Å². The number of halogens is 1. The summed E-state index contributed by atoms with van der Waals surface area (Å²) in [6.07, 6.45) is 3.70. The summed E-state index contributed by atoms with van der Waals surface area (Å²) in [5.74, 6) is 0.559. The van der Waals surface area contributed by atoms with Gasteiger partial charge >= 0.3 is 0 Å². The molecule has 0 spiro atoms. The van der Waals surface area contributed by atoms with Crippen LogP contribution in [0.1, 0.15) is 23.5 Å². The number of rotatable bonds is 1. The van der Waals surface area contributed by atoms with Crippen LogP contribution in [0, 0.1) is 0 Å². The van der Waals surface area contributed by atoms with Crippen LogP contribution in [0.2, 0.25) is 0 Å². The molecule has 4 heteroatoms. The lowest BCUT2D eigenvalue weighted by atomic mass is 9.98. The van der Waals surface area contributed by atoms with Gasteiger partial charge in [0.05, 0.1) is 5.70 Å². The van der Waals surface area contributed by atoms with E-state index in [-0.39, 0.29) is 0 Å². The molecule has 3 heterocycles. The van der Waals surface area contributed by atoms with Gasteiger partial charge in [-0.05, 0) is 41.8 Å². The zero-order valence-corrected chi connectivity index (χ0v) is 14.8. The van der Waals surface area contributed by atoms with Crippen molar-refractivity contribution in [3.63, 3.8) is 0 Å². The molecule has 0 unspecified atom stereocenters. The number of fused-ring (bicyclic) bond motifs is 3. The van der Waals surface area contributed by atoms with E-state index >= 15 is 0 Å². The van der Waals surface area contributed by atoms with Gasteiger partial charge in [-0.2, -0.15) is 0 Å². The molecule has 2 atom stereocenters. The Balaban J connectivity index is 1.71. The second kappa shape index (κ2) is 4.92. The number of hydrogen-bond acceptors (Lipinski definition) is 2. The van der Waals surface area contributed by atoms with Gasteiger partial charge in [0.15, 0.2) is 0 Å². The molecule has 5 rings (SSSR count). The highest BCUT2D eigenvalue weighted by Crippen LogP contribution is 2.52. The third-order valence-corrected chi connectivity index (χ3v) is 6.04. The monoisotopic (exact) mass is 382 g/mol. The Bertz CT molecular complexity index is 843. The first kappa shape index (κ1) is 13.8. The fourth-order valence-electron chi connectivity index (χ4n) is 4.20. The maximum absolute atomic E-state index is 5.70. The summed E-state index contributed by atoms with van der Waals surface area (Å²) < 4.78 is 1.10. The van der Waals surface area contributed by atoms with Crippen molar-refractivity contribution in [2.45, 2.75) is 18.5 Å². The molecule has 1 fully saturated rings. The second-order valence-corrected chi connectivity index (χ2v) is 7.64. The first-order chi connectivity index (χ1) is 11.2. The zero-order chi connectivity index (χ0) is 15.6. The molecule has 0 amide bonds. The number of benzene rings is 2. The lowest BCUT2D eigenvalue weighted by molar-refractivity contribution is 0.392. The highest BCUT2D eigenvalue weighted by Gasteiger charge is 2.49. The van der Waals surface area contributed by atoms with Gasteiger partial charge < -0.3 is 9.80 Å². The fourth-order valence-corrected chi connectivity index (χ4v) is 4.78. The minimum atomic E-state index is 0.351. The Morgan fingerprint density at radius 3 is 2.65 bits per heavy atom. The summed E-state index contributed by atoms with van der Waals surface area (Å²) in [6, 6.07) is 17.3. The largest absolute Gasteiger partial charge is 0.341 e. The van der Waals surface area contributed by atoms with Crippen molar-refractivity contribution in [3.8, 4) is 0 Å². The van der Waals surface area contributed by atoms with Crippen LogP contribution in [0.25, 0.3) is 5.70 Å². The van der Waals surface area contributed by atoms with Crippen molar-refractivity contribution in [1.29, 1.82) is 0 Å². The van der Waals surface area contributed by atoms with Gasteiger partial charge in [-0.25, -0.2) is 0 Å². The van der Waals surface area contributed by atoms with Gasteiger partial charge in [-0.1, -0.05) is 58.5 Å². The summed E-state index contributed by atoms with van der Waals surface area (Å²) in [5.41, 5.74) is 5.25. The van der Waals surface area contributed by atoms with Crippen molar-refractivity contribution in [1.82, 2.24) is 4.90 Å². The van der Waals surface area contributed by atoms with E-state index < -0.39 is 0 Å². The minimum Gasteiger partial charge on any atom is -0.341 e. The number of thiocarbonyl (C=S) groups is 1. The molecular formula is C19H15BrN2S. The third kappa shape index (κ3) is 1.88. The summed E-state index contributed by atoms with van der Waals surface area (Å²) in [7, 11) is 0. The fraction of sp³-hybridized carbons (Fsp3) is 0.211. The molecule has 0 aliphatic carbocycles. The SMILES string of the molecule is S=C1C=C(c2ccc(Br)cc2)N2c3ccccc3[C@@H]3CCN1[C@@H]32. The first-order valence-electron chi connectivity index (χ1n) is 7.90. The molecule has 2 aromatic rings. The van der Waals surface area contributed by atoms with Gasteiger partial charge in [-0.15, -0.1) is 0 Å². The summed E-state index contributed by atoms with van der Waals surface area (Å²) in [4.78, 5) is 5.86. The van der Waals surface area contributed by atoms with E-state index in [9.17, 15) is 0 Å². The van der Waals surface area contributed by atoms with Crippen LogP contribution in [0.3, 0.4) is 0 Å². The molecule has 1 saturated heterocycles. The van der Waals surface area contributed by atoms with Crippen molar-refractivity contribution in [2.24, 2.45) is 0 Å². The minimum absolute atomic E-state index is 0.351. The molecule has 0 radical (unpaired) electrons. The summed E-state index contributed by atoms with van der Waals surface area (Å²) in [6.45, 7) is 1.06. The maximum atomic E-state index is 5.70. The van der Waals surface area contributed by atoms with Crippen LogP contribution < -0.4 is 4.90 Å². The normalized spacial score (nSPS) is 24.6. The van der Waals surface area contributed by atoms with Crippen LogP contribution in [-0.4, -0.2) is 22.6 Å². The molecule has 2 nitrogen and oxygen atoms in total. The van der Waals surface area contributed by atoms with E-state index in [4.69, 9.17) is 12.2 Å². The molecular weight excluding hydrogens is 368 g/mol. The predicted molar refractivity (Wildman–Crippen MR) is 101 cm³/mol. The van der Waals surface area contributed by atoms with Gasteiger partial charge in [0.1, 0.15) is 11.2 Å². The van der Waals surface area contributed by atoms with Crippen LogP contribution in [0.15, 0.2) is 59.1 Å². The lowest BCUT2D eigenvalue weighted by Gasteiger charge is -2.40. The number of hydrogen-bond donors (Lipinski definition) is 0. The summed E-state index contributed by atoms with van der Waals surface area (Å²) in [5, 5.41) is 0. The first-order valence-corrected chi connectivity index (χ1v) is 9.10. The second-order valence-electron chi connectivity index (χ2n) is 6.31. The molecule has 0 saturated carbocycles. The molecule has 2 aromatic carbocycles. The van der Waals surface area contributed by atoms with Crippen LogP contribution in [-0.2, 0) is 0 Å². The number of nitrogens with zero attached hydrogens (tertiary/aromatic N) is 2. The number of anilines is 1. The molecule has 0 aromatic heterocycles. The Kier molecular flexibility index (Phi) is 2.94. The van der Waals surface area contributed by atoms with E-state index in [0.29, 0.717) is 12.1 Å². The maximum Gasteiger partial charge on any atom is 0.114 e. The van der Waals surface area contributed by atoms with E-state index in [1.54, 1.807) is 0 Å². The Labute approximate surface area is 149 Å². The van der Waals surface area contributed by atoms with Gasteiger partial charge in [-0.3, -0.25) is 0 Å². The Morgan fingerprint density at radius 2 is 1.83 bits per heavy atom. The van der Waals surface area contributed by atoms with Crippen molar-refractivity contribution in [2.75, 3.05) is 11.4 Å². The highest BCUT2D eigenvalue weighted by atomic mass is 79.9. The van der Waals surface area contributed by atoms with Crippen LogP contribution >= 0.6 is 28.1 Å². The molecule has 3 aliphatic rings. The quantitative estimate of drug-likeness (QED) is 0.656. The van der Waals surface area contributed by atoms with E-state index in [2.05, 4.69) is 80.3 Å².